The Balaban J connectivity index is 2.06. The van der Waals surface area contributed by atoms with E-state index in [-0.39, 0.29) is 19.4 Å². The van der Waals surface area contributed by atoms with Crippen LogP contribution in [0.1, 0.15) is 25.7 Å². The van der Waals surface area contributed by atoms with Gasteiger partial charge in [-0.15, -0.1) is 0 Å². The summed E-state index contributed by atoms with van der Waals surface area (Å²) in [7, 11) is 0. The second kappa shape index (κ2) is 12.9. The molecule has 0 aromatic rings. The molecule has 196 valence electrons. The molecule has 2 saturated heterocycles. The number of aliphatic hydroxyl groups is 2. The maximum absolute atomic E-state index is 12.3. The molecule has 0 aromatic heterocycles. The minimum Gasteiger partial charge on any atom is -0.465 e. The molecule has 0 bridgehead atoms. The molecule has 35 heavy (non-hydrogen) atoms. The lowest BCUT2D eigenvalue weighted by Gasteiger charge is -2.41. The largest absolute Gasteiger partial charge is 0.465 e. The highest BCUT2D eigenvalue weighted by Gasteiger charge is 2.49. The third kappa shape index (κ3) is 9.02. The molecule has 0 saturated carbocycles. The first-order valence-corrected chi connectivity index (χ1v) is 10.4. The number of hydrogen-bond acceptors (Lipinski definition) is 15. The normalized spacial score (nSPS) is 28.0. The molecule has 0 amide bonds. The molecule has 2 fully saturated rings. The number of nitro groups is 2. The number of carbonyl (C=O) groups is 4. The van der Waals surface area contributed by atoms with Gasteiger partial charge in [0.1, 0.15) is 37.8 Å². The van der Waals surface area contributed by atoms with Crippen LogP contribution < -0.4 is 0 Å². The van der Waals surface area contributed by atoms with Crippen molar-refractivity contribution < 1.29 is 62.9 Å². The first-order chi connectivity index (χ1) is 16.5. The van der Waals surface area contributed by atoms with E-state index in [1.165, 1.54) is 0 Å². The van der Waals surface area contributed by atoms with Gasteiger partial charge in [0.05, 0.1) is 19.4 Å². The highest BCUT2D eigenvalue weighted by atomic mass is 16.7. The van der Waals surface area contributed by atoms with Gasteiger partial charge in [-0.2, -0.15) is 0 Å². The zero-order valence-corrected chi connectivity index (χ0v) is 18.2. The molecule has 2 N–H and O–H groups in total. The van der Waals surface area contributed by atoms with Crippen molar-refractivity contribution in [1.29, 1.82) is 0 Å². The van der Waals surface area contributed by atoms with Crippen molar-refractivity contribution in [2.45, 2.75) is 56.4 Å². The summed E-state index contributed by atoms with van der Waals surface area (Å²) in [4.78, 5) is 66.4. The van der Waals surface area contributed by atoms with Gasteiger partial charge in [-0.3, -0.25) is 39.4 Å². The summed E-state index contributed by atoms with van der Waals surface area (Å²) in [6, 6.07) is 0. The molecule has 0 aliphatic carbocycles. The standard InChI is InChI=1S/C18H24N2O15/c21-11(1-3-19(27)28)32-8-10-15(25)16(26)17(34-12(22)2-4-20(29)30)18(33-10)35-14(24)6-9-5-13(23)31-7-9/h9-10,15-18,25-26H,1-8H2/t9?,10-,15-,16+,17-,18+/m1/s1. The van der Waals surface area contributed by atoms with Crippen LogP contribution in [0.2, 0.25) is 0 Å². The first kappa shape index (κ1) is 27.8. The van der Waals surface area contributed by atoms with Gasteiger partial charge in [-0.25, -0.2) is 0 Å². The predicted molar refractivity (Wildman–Crippen MR) is 104 cm³/mol. The van der Waals surface area contributed by atoms with Crippen LogP contribution >= 0.6 is 0 Å². The highest BCUT2D eigenvalue weighted by Crippen LogP contribution is 2.27. The fraction of sp³-hybridized carbons (Fsp3) is 0.778. The SMILES string of the molecule is O=C(CC[N+](=O)[O-])OC[C@H]1O[C@@H](OC(=O)CC2COC(=O)C2)[C@H](OC(=O)CC[N+](=O)[O-])[C@@H](O)[C@@H]1O. The lowest BCUT2D eigenvalue weighted by atomic mass is 9.99. The highest BCUT2D eigenvalue weighted by molar-refractivity contribution is 5.75. The van der Waals surface area contributed by atoms with Crippen molar-refractivity contribution in [3.8, 4) is 0 Å². The van der Waals surface area contributed by atoms with E-state index in [0.717, 1.165) is 0 Å². The van der Waals surface area contributed by atoms with Crippen molar-refractivity contribution in [2.24, 2.45) is 5.92 Å². The van der Waals surface area contributed by atoms with Crippen molar-refractivity contribution in [3.05, 3.63) is 20.2 Å². The van der Waals surface area contributed by atoms with Gasteiger partial charge >= 0.3 is 23.9 Å². The van der Waals surface area contributed by atoms with Crippen molar-refractivity contribution in [3.63, 3.8) is 0 Å². The fourth-order valence-corrected chi connectivity index (χ4v) is 3.20. The summed E-state index contributed by atoms with van der Waals surface area (Å²) < 4.78 is 25.0. The van der Waals surface area contributed by atoms with Crippen LogP contribution in [0, 0.1) is 26.1 Å². The number of nitrogens with zero attached hydrogens (tertiary/aromatic N) is 2. The fourth-order valence-electron chi connectivity index (χ4n) is 3.20. The van der Waals surface area contributed by atoms with Crippen LogP contribution in [0.5, 0.6) is 0 Å². The van der Waals surface area contributed by atoms with E-state index in [2.05, 4.69) is 0 Å². The van der Waals surface area contributed by atoms with Gasteiger partial charge in [-0.05, 0) is 0 Å². The van der Waals surface area contributed by atoms with Crippen molar-refractivity contribution in [2.75, 3.05) is 26.3 Å². The van der Waals surface area contributed by atoms with E-state index in [0.29, 0.717) is 0 Å². The third-order valence-corrected chi connectivity index (χ3v) is 4.96. The summed E-state index contributed by atoms with van der Waals surface area (Å²) in [5.74, 6) is -4.09. The molecule has 0 aromatic carbocycles. The summed E-state index contributed by atoms with van der Waals surface area (Å²) >= 11 is 0. The monoisotopic (exact) mass is 508 g/mol. The minimum absolute atomic E-state index is 0.0250. The van der Waals surface area contributed by atoms with Gasteiger partial charge in [0.15, 0.2) is 6.10 Å². The molecule has 2 aliphatic heterocycles. The molecule has 0 radical (unpaired) electrons. The number of aliphatic hydroxyl groups excluding tert-OH is 2. The number of carbonyl (C=O) groups excluding carboxylic acids is 4. The Morgan fingerprint density at radius 3 is 2.17 bits per heavy atom. The second-order valence-electron chi connectivity index (χ2n) is 7.72. The first-order valence-electron chi connectivity index (χ1n) is 10.4. The summed E-state index contributed by atoms with van der Waals surface area (Å²) in [5.41, 5.74) is 0. The van der Waals surface area contributed by atoms with Crippen LogP contribution in [0.15, 0.2) is 0 Å². The molecule has 2 heterocycles. The molecule has 2 rings (SSSR count). The van der Waals surface area contributed by atoms with Crippen LogP contribution in [-0.2, 0) is 42.9 Å². The number of ether oxygens (including phenoxy) is 5. The Labute approximate surface area is 196 Å². The minimum atomic E-state index is -1.93. The zero-order chi connectivity index (χ0) is 26.1. The van der Waals surface area contributed by atoms with Gasteiger partial charge in [0, 0.05) is 15.8 Å². The maximum atomic E-state index is 12.3. The topological polar surface area (TPSA) is 241 Å². The van der Waals surface area contributed by atoms with E-state index in [4.69, 9.17) is 23.7 Å². The molecule has 6 atom stereocenters. The van der Waals surface area contributed by atoms with Crippen LogP contribution in [-0.4, -0.2) is 101 Å². The van der Waals surface area contributed by atoms with E-state index in [1.807, 2.05) is 0 Å². The Morgan fingerprint density at radius 1 is 0.971 bits per heavy atom. The summed E-state index contributed by atoms with van der Waals surface area (Å²) in [6.07, 6.45) is -10.5. The predicted octanol–water partition coefficient (Wildman–Crippen LogP) is -2.28. The van der Waals surface area contributed by atoms with Crippen LogP contribution in [0.4, 0.5) is 0 Å². The molecule has 0 spiro atoms. The summed E-state index contributed by atoms with van der Waals surface area (Å²) in [6.45, 7) is -2.21. The molecule has 2 aliphatic rings. The number of rotatable bonds is 12. The quantitative estimate of drug-likeness (QED) is 0.122. The smallest absolute Gasteiger partial charge is 0.313 e. The third-order valence-electron chi connectivity index (χ3n) is 4.96. The van der Waals surface area contributed by atoms with Crippen molar-refractivity contribution >= 4 is 23.9 Å². The van der Waals surface area contributed by atoms with Gasteiger partial charge in [0.2, 0.25) is 19.4 Å². The maximum Gasteiger partial charge on any atom is 0.313 e. The Bertz CT molecular complexity index is 831. The molecular formula is C18H24N2O15. The van der Waals surface area contributed by atoms with Crippen LogP contribution in [0.3, 0.4) is 0 Å². The number of esters is 4. The van der Waals surface area contributed by atoms with E-state index < -0.39 is 103 Å². The number of cyclic esters (lactones) is 1. The number of hydrogen-bond donors (Lipinski definition) is 2. The molecule has 17 heteroatoms. The molecule has 17 nitrogen and oxygen atoms in total. The lowest BCUT2D eigenvalue weighted by Crippen LogP contribution is -2.61. The average molecular weight is 508 g/mol. The van der Waals surface area contributed by atoms with Gasteiger partial charge < -0.3 is 33.9 Å². The van der Waals surface area contributed by atoms with Gasteiger partial charge in [-0.1, -0.05) is 0 Å². The second-order valence-corrected chi connectivity index (χ2v) is 7.72. The van der Waals surface area contributed by atoms with Crippen molar-refractivity contribution in [1.82, 2.24) is 0 Å². The molecule has 1 unspecified atom stereocenters. The van der Waals surface area contributed by atoms with Gasteiger partial charge in [0.25, 0.3) is 0 Å². The Morgan fingerprint density at radius 2 is 1.60 bits per heavy atom. The zero-order valence-electron chi connectivity index (χ0n) is 18.2. The molecular weight excluding hydrogens is 484 g/mol. The average Bonchev–Trinajstić information content (AvgIpc) is 3.19. The van der Waals surface area contributed by atoms with E-state index in [9.17, 15) is 49.6 Å². The van der Waals surface area contributed by atoms with Crippen LogP contribution in [0.25, 0.3) is 0 Å². The Hall–Kier alpha value is -3.44. The lowest BCUT2D eigenvalue weighted by molar-refractivity contribution is -0.479. The van der Waals surface area contributed by atoms with E-state index >= 15 is 0 Å². The Kier molecular flexibility index (Phi) is 10.2. The summed E-state index contributed by atoms with van der Waals surface area (Å²) in [5, 5.41) is 41.6. The van der Waals surface area contributed by atoms with E-state index in [1.54, 1.807) is 0 Å².